The van der Waals surface area contributed by atoms with Gasteiger partial charge in [0, 0.05) is 6.54 Å². The van der Waals surface area contributed by atoms with Crippen LogP contribution in [0.15, 0.2) is 30.5 Å². The monoisotopic (exact) mass is 423 g/mol. The second-order valence-corrected chi connectivity index (χ2v) is 9.50. The highest BCUT2D eigenvalue weighted by Gasteiger charge is 2.42. The van der Waals surface area contributed by atoms with Gasteiger partial charge in [-0.2, -0.15) is 17.0 Å². The van der Waals surface area contributed by atoms with Gasteiger partial charge >= 0.3 is 16.3 Å². The van der Waals surface area contributed by atoms with E-state index in [1.807, 2.05) is 24.3 Å². The standard InChI is InChI=1S/C18H25N5O5S/c1-18(2,3)28-17(24)23-10-9-22(29(23,25)26)13-15-12-21(20-19-15)11-14-5-7-16(27-4)8-6-14/h5-8,12H,9-11,13H2,1-4H3. The van der Waals surface area contributed by atoms with Crippen LogP contribution in [-0.4, -0.2) is 63.9 Å². The number of carbonyl (C=O) groups excluding carboxylic acids is 1. The Morgan fingerprint density at radius 2 is 1.83 bits per heavy atom. The minimum atomic E-state index is -3.95. The van der Waals surface area contributed by atoms with Crippen LogP contribution >= 0.6 is 0 Å². The van der Waals surface area contributed by atoms with Crippen LogP contribution in [0.25, 0.3) is 0 Å². The second-order valence-electron chi connectivity index (χ2n) is 7.65. The molecule has 1 aromatic carbocycles. The summed E-state index contributed by atoms with van der Waals surface area (Å²) in [7, 11) is -2.35. The molecular formula is C18H25N5O5S. The number of rotatable bonds is 5. The van der Waals surface area contributed by atoms with E-state index in [0.717, 1.165) is 15.6 Å². The minimum Gasteiger partial charge on any atom is -0.497 e. The van der Waals surface area contributed by atoms with E-state index in [-0.39, 0.29) is 19.6 Å². The maximum atomic E-state index is 12.7. The van der Waals surface area contributed by atoms with Crippen molar-refractivity contribution in [1.82, 2.24) is 23.6 Å². The molecule has 10 nitrogen and oxygen atoms in total. The number of amides is 1. The normalized spacial score (nSPS) is 16.8. The van der Waals surface area contributed by atoms with Crippen LogP contribution in [0.3, 0.4) is 0 Å². The largest absolute Gasteiger partial charge is 0.497 e. The zero-order chi connectivity index (χ0) is 21.2. The number of methoxy groups -OCH3 is 1. The first-order valence-corrected chi connectivity index (χ1v) is 10.5. The van der Waals surface area contributed by atoms with Gasteiger partial charge < -0.3 is 9.47 Å². The van der Waals surface area contributed by atoms with E-state index in [4.69, 9.17) is 9.47 Å². The fraction of sp³-hybridized carbons (Fsp3) is 0.500. The summed E-state index contributed by atoms with van der Waals surface area (Å²) in [6.07, 6.45) is 0.818. The summed E-state index contributed by atoms with van der Waals surface area (Å²) in [4.78, 5) is 12.2. The molecule has 0 bridgehead atoms. The van der Waals surface area contributed by atoms with Crippen molar-refractivity contribution in [2.45, 2.75) is 39.5 Å². The number of nitrogens with zero attached hydrogens (tertiary/aromatic N) is 5. The second kappa shape index (κ2) is 7.99. The number of aromatic nitrogens is 3. The lowest BCUT2D eigenvalue weighted by Crippen LogP contribution is -2.40. The number of ether oxygens (including phenoxy) is 2. The average Bonchev–Trinajstić information content (AvgIpc) is 3.18. The van der Waals surface area contributed by atoms with Crippen molar-refractivity contribution in [2.75, 3.05) is 20.2 Å². The molecule has 1 aliphatic heterocycles. The Hall–Kier alpha value is -2.66. The lowest BCUT2D eigenvalue weighted by Gasteiger charge is -2.24. The van der Waals surface area contributed by atoms with Gasteiger partial charge in [0.05, 0.1) is 38.6 Å². The van der Waals surface area contributed by atoms with E-state index in [1.54, 1.807) is 38.8 Å². The van der Waals surface area contributed by atoms with Crippen molar-refractivity contribution < 1.29 is 22.7 Å². The Kier molecular flexibility index (Phi) is 5.80. The Balaban J connectivity index is 1.64. The van der Waals surface area contributed by atoms with Crippen LogP contribution < -0.4 is 4.74 Å². The Morgan fingerprint density at radius 3 is 2.45 bits per heavy atom. The number of benzene rings is 1. The molecule has 11 heteroatoms. The summed E-state index contributed by atoms with van der Waals surface area (Å²) in [5.41, 5.74) is 0.727. The lowest BCUT2D eigenvalue weighted by molar-refractivity contribution is 0.0405. The van der Waals surface area contributed by atoms with E-state index < -0.39 is 21.9 Å². The van der Waals surface area contributed by atoms with E-state index in [1.165, 1.54) is 4.31 Å². The minimum absolute atomic E-state index is 0.0320. The third kappa shape index (κ3) is 5.04. The molecule has 0 saturated carbocycles. The third-order valence-electron chi connectivity index (χ3n) is 4.18. The highest BCUT2D eigenvalue weighted by molar-refractivity contribution is 7.87. The first kappa shape index (κ1) is 21.1. The van der Waals surface area contributed by atoms with Crippen LogP contribution in [0.5, 0.6) is 5.75 Å². The molecule has 2 aromatic rings. The Morgan fingerprint density at radius 1 is 1.14 bits per heavy atom. The summed E-state index contributed by atoms with van der Waals surface area (Å²) >= 11 is 0. The molecule has 1 fully saturated rings. The Bertz CT molecular complexity index is 965. The average molecular weight is 423 g/mol. The molecule has 1 saturated heterocycles. The van der Waals surface area contributed by atoms with Crippen molar-refractivity contribution in [1.29, 1.82) is 0 Å². The molecule has 29 heavy (non-hydrogen) atoms. The SMILES string of the molecule is COc1ccc(Cn2cc(CN3CCN(C(=O)OC(C)(C)C)S3(=O)=O)nn2)cc1. The molecule has 3 rings (SSSR count). The zero-order valence-electron chi connectivity index (χ0n) is 16.9. The van der Waals surface area contributed by atoms with Gasteiger partial charge in [0.2, 0.25) is 0 Å². The Labute approximate surface area is 170 Å². The van der Waals surface area contributed by atoms with Crippen LogP contribution in [0.1, 0.15) is 32.0 Å². The molecule has 0 aliphatic carbocycles. The molecular weight excluding hydrogens is 398 g/mol. The predicted molar refractivity (Wildman–Crippen MR) is 104 cm³/mol. The van der Waals surface area contributed by atoms with Crippen LogP contribution in [0.2, 0.25) is 0 Å². The summed E-state index contributed by atoms with van der Waals surface area (Å²) in [5.74, 6) is 0.766. The smallest absolute Gasteiger partial charge is 0.425 e. The summed E-state index contributed by atoms with van der Waals surface area (Å²) in [5, 5.41) is 8.11. The molecule has 1 amide bonds. The first-order valence-electron chi connectivity index (χ1n) is 9.11. The van der Waals surface area contributed by atoms with Gasteiger partial charge in [0.1, 0.15) is 11.4 Å². The molecule has 1 aliphatic rings. The summed E-state index contributed by atoms with van der Waals surface area (Å²) in [6, 6.07) is 7.55. The maximum Gasteiger partial charge on any atom is 0.425 e. The fourth-order valence-electron chi connectivity index (χ4n) is 2.82. The summed E-state index contributed by atoms with van der Waals surface area (Å²) < 4.78 is 39.2. The van der Waals surface area contributed by atoms with E-state index in [0.29, 0.717) is 12.2 Å². The molecule has 0 unspecified atom stereocenters. The van der Waals surface area contributed by atoms with Crippen molar-refractivity contribution in [2.24, 2.45) is 0 Å². The van der Waals surface area contributed by atoms with E-state index >= 15 is 0 Å². The topological polar surface area (TPSA) is 107 Å². The predicted octanol–water partition coefficient (Wildman–Crippen LogP) is 1.63. The highest BCUT2D eigenvalue weighted by atomic mass is 32.2. The van der Waals surface area contributed by atoms with Crippen LogP contribution in [-0.2, 0) is 28.0 Å². The maximum absolute atomic E-state index is 12.7. The van der Waals surface area contributed by atoms with Gasteiger partial charge in [-0.25, -0.2) is 9.48 Å². The van der Waals surface area contributed by atoms with Gasteiger partial charge in [0.25, 0.3) is 0 Å². The van der Waals surface area contributed by atoms with Crippen LogP contribution in [0, 0.1) is 0 Å². The molecule has 0 spiro atoms. The molecule has 0 atom stereocenters. The molecule has 0 N–H and O–H groups in total. The number of hydrogen-bond acceptors (Lipinski definition) is 7. The van der Waals surface area contributed by atoms with Gasteiger partial charge in [-0.3, -0.25) is 0 Å². The van der Waals surface area contributed by atoms with Crippen molar-refractivity contribution in [3.63, 3.8) is 0 Å². The molecule has 2 heterocycles. The first-order chi connectivity index (χ1) is 13.6. The van der Waals surface area contributed by atoms with Crippen molar-refractivity contribution in [3.05, 3.63) is 41.7 Å². The molecule has 158 valence electrons. The van der Waals surface area contributed by atoms with Gasteiger partial charge in [-0.05, 0) is 38.5 Å². The third-order valence-corrected chi connectivity index (χ3v) is 6.04. The number of hydrogen-bond donors (Lipinski definition) is 0. The molecule has 1 aromatic heterocycles. The summed E-state index contributed by atoms with van der Waals surface area (Å²) in [6.45, 7) is 5.80. The van der Waals surface area contributed by atoms with E-state index in [9.17, 15) is 13.2 Å². The highest BCUT2D eigenvalue weighted by Crippen LogP contribution is 2.22. The lowest BCUT2D eigenvalue weighted by atomic mass is 10.2. The van der Waals surface area contributed by atoms with Crippen molar-refractivity contribution in [3.8, 4) is 5.75 Å². The zero-order valence-corrected chi connectivity index (χ0v) is 17.7. The van der Waals surface area contributed by atoms with Gasteiger partial charge in [-0.1, -0.05) is 17.3 Å². The van der Waals surface area contributed by atoms with Crippen molar-refractivity contribution >= 4 is 16.3 Å². The quantitative estimate of drug-likeness (QED) is 0.719. The van der Waals surface area contributed by atoms with Gasteiger partial charge in [-0.15, -0.1) is 5.10 Å². The van der Waals surface area contributed by atoms with E-state index in [2.05, 4.69) is 10.3 Å². The number of carbonyl (C=O) groups is 1. The van der Waals surface area contributed by atoms with Gasteiger partial charge in [0.15, 0.2) is 0 Å². The molecule has 0 radical (unpaired) electrons. The van der Waals surface area contributed by atoms with Crippen LogP contribution in [0.4, 0.5) is 4.79 Å². The fourth-order valence-corrected chi connectivity index (χ4v) is 4.24.